The Morgan fingerprint density at radius 3 is 2.71 bits per heavy atom. The number of benzene rings is 1. The first-order valence-corrected chi connectivity index (χ1v) is 8.41. The monoisotopic (exact) mass is 323 g/mol. The molecule has 1 saturated carbocycles. The zero-order valence-corrected chi connectivity index (χ0v) is 13.8. The van der Waals surface area contributed by atoms with Crippen molar-refractivity contribution in [3.05, 3.63) is 42.1 Å². The predicted molar refractivity (Wildman–Crippen MR) is 92.9 cm³/mol. The number of amides is 1. The van der Waals surface area contributed by atoms with Crippen LogP contribution in [0.15, 0.2) is 36.5 Å². The molecule has 1 fully saturated rings. The minimum Gasteiger partial charge on any atom is -0.497 e. The lowest BCUT2D eigenvalue weighted by Crippen LogP contribution is -2.35. The summed E-state index contributed by atoms with van der Waals surface area (Å²) in [7, 11) is 1.66. The standard InChI is InChI=1S/C19H21N3O2/c1-24-17-6-2-13(3-7-17)14-10-15-12-22(16-4-5-16)18(23)8-9-20-19(15)21-11-14/h2-3,6-7,10-11,16H,4-5,8-9,12H2,1H3,(H,20,21). The lowest BCUT2D eigenvalue weighted by atomic mass is 10.0. The van der Waals surface area contributed by atoms with Crippen molar-refractivity contribution in [1.82, 2.24) is 9.88 Å². The summed E-state index contributed by atoms with van der Waals surface area (Å²) in [5.41, 5.74) is 3.24. The van der Waals surface area contributed by atoms with Gasteiger partial charge < -0.3 is 15.0 Å². The largest absolute Gasteiger partial charge is 0.497 e. The molecule has 1 aromatic heterocycles. The van der Waals surface area contributed by atoms with Crippen LogP contribution in [0.3, 0.4) is 0 Å². The molecule has 2 aliphatic rings. The second kappa shape index (κ2) is 6.15. The van der Waals surface area contributed by atoms with Crippen LogP contribution in [0.2, 0.25) is 0 Å². The summed E-state index contributed by atoms with van der Waals surface area (Å²) < 4.78 is 5.22. The fraction of sp³-hybridized carbons (Fsp3) is 0.368. The summed E-state index contributed by atoms with van der Waals surface area (Å²) in [5, 5.41) is 3.29. The summed E-state index contributed by atoms with van der Waals surface area (Å²) in [6, 6.07) is 10.5. The zero-order chi connectivity index (χ0) is 16.5. The predicted octanol–water partition coefficient (Wildman–Crippen LogP) is 3.06. The van der Waals surface area contributed by atoms with Gasteiger partial charge in [-0.25, -0.2) is 4.98 Å². The Morgan fingerprint density at radius 2 is 2.00 bits per heavy atom. The number of carbonyl (C=O) groups is 1. The van der Waals surface area contributed by atoms with E-state index in [1.54, 1.807) is 7.11 Å². The quantitative estimate of drug-likeness (QED) is 0.943. The Hall–Kier alpha value is -2.56. The van der Waals surface area contributed by atoms with Gasteiger partial charge >= 0.3 is 0 Å². The Labute approximate surface area is 141 Å². The van der Waals surface area contributed by atoms with Crippen LogP contribution in [0.25, 0.3) is 11.1 Å². The molecule has 24 heavy (non-hydrogen) atoms. The minimum atomic E-state index is 0.241. The molecule has 1 N–H and O–H groups in total. The number of nitrogens with one attached hydrogen (secondary N) is 1. The van der Waals surface area contributed by atoms with Crippen molar-refractivity contribution in [3.8, 4) is 16.9 Å². The van der Waals surface area contributed by atoms with Gasteiger partial charge in [0.05, 0.1) is 7.11 Å². The number of fused-ring (bicyclic) bond motifs is 1. The topological polar surface area (TPSA) is 54.5 Å². The number of nitrogens with zero attached hydrogens (tertiary/aromatic N) is 2. The van der Waals surface area contributed by atoms with Crippen molar-refractivity contribution in [2.24, 2.45) is 0 Å². The van der Waals surface area contributed by atoms with Gasteiger partial charge in [0.15, 0.2) is 0 Å². The number of pyridine rings is 1. The minimum absolute atomic E-state index is 0.241. The molecule has 4 rings (SSSR count). The Kier molecular flexibility index (Phi) is 3.84. The SMILES string of the molecule is COc1ccc(-c2cnc3c(c2)CN(C2CC2)C(=O)CCN3)cc1. The third-order valence-corrected chi connectivity index (χ3v) is 4.67. The van der Waals surface area contributed by atoms with E-state index < -0.39 is 0 Å². The number of rotatable bonds is 3. The fourth-order valence-corrected chi connectivity index (χ4v) is 3.15. The van der Waals surface area contributed by atoms with Crippen LogP contribution in [0.5, 0.6) is 5.75 Å². The Bertz CT molecular complexity index is 754. The molecule has 0 spiro atoms. The Morgan fingerprint density at radius 1 is 1.21 bits per heavy atom. The molecule has 1 amide bonds. The van der Waals surface area contributed by atoms with E-state index in [1.807, 2.05) is 35.4 Å². The van der Waals surface area contributed by atoms with Crippen molar-refractivity contribution in [2.45, 2.75) is 31.8 Å². The van der Waals surface area contributed by atoms with Crippen molar-refractivity contribution in [3.63, 3.8) is 0 Å². The van der Waals surface area contributed by atoms with E-state index in [0.29, 0.717) is 25.6 Å². The maximum Gasteiger partial charge on any atom is 0.224 e. The van der Waals surface area contributed by atoms with Gasteiger partial charge in [-0.15, -0.1) is 0 Å². The zero-order valence-electron chi connectivity index (χ0n) is 13.8. The van der Waals surface area contributed by atoms with Gasteiger partial charge in [-0.3, -0.25) is 4.79 Å². The number of methoxy groups -OCH3 is 1. The molecule has 2 aromatic rings. The van der Waals surface area contributed by atoms with Crippen molar-refractivity contribution < 1.29 is 9.53 Å². The first kappa shape index (κ1) is 15.0. The van der Waals surface area contributed by atoms with E-state index in [1.165, 1.54) is 0 Å². The molecule has 0 saturated heterocycles. The molecule has 1 aliphatic carbocycles. The number of anilines is 1. The summed E-state index contributed by atoms with van der Waals surface area (Å²) >= 11 is 0. The maximum absolute atomic E-state index is 12.3. The second-order valence-corrected chi connectivity index (χ2v) is 6.39. The third kappa shape index (κ3) is 2.94. The summed E-state index contributed by atoms with van der Waals surface area (Å²) in [6.07, 6.45) is 4.68. The fourth-order valence-electron chi connectivity index (χ4n) is 3.15. The molecule has 0 atom stereocenters. The van der Waals surface area contributed by atoms with E-state index in [2.05, 4.69) is 16.4 Å². The number of hydrogen-bond acceptors (Lipinski definition) is 4. The van der Waals surface area contributed by atoms with Gasteiger partial charge in [-0.05, 0) is 36.6 Å². The second-order valence-electron chi connectivity index (χ2n) is 6.39. The van der Waals surface area contributed by atoms with Crippen LogP contribution >= 0.6 is 0 Å². The first-order valence-electron chi connectivity index (χ1n) is 8.41. The molecule has 1 aromatic carbocycles. The lowest BCUT2D eigenvalue weighted by Gasteiger charge is -2.26. The van der Waals surface area contributed by atoms with Crippen molar-refractivity contribution in [2.75, 3.05) is 19.0 Å². The summed E-state index contributed by atoms with van der Waals surface area (Å²) in [4.78, 5) is 19.0. The van der Waals surface area contributed by atoms with Gasteiger partial charge in [-0.1, -0.05) is 12.1 Å². The van der Waals surface area contributed by atoms with Crippen molar-refractivity contribution >= 4 is 11.7 Å². The van der Waals surface area contributed by atoms with E-state index in [4.69, 9.17) is 4.74 Å². The maximum atomic E-state index is 12.3. The van der Waals surface area contributed by atoms with Gasteiger partial charge in [0, 0.05) is 42.9 Å². The summed E-state index contributed by atoms with van der Waals surface area (Å²) in [5.74, 6) is 1.97. The van der Waals surface area contributed by atoms with Crippen LogP contribution in [-0.4, -0.2) is 35.5 Å². The van der Waals surface area contributed by atoms with Gasteiger partial charge in [-0.2, -0.15) is 0 Å². The average molecular weight is 323 g/mol. The molecule has 5 heteroatoms. The molecule has 124 valence electrons. The van der Waals surface area contributed by atoms with Gasteiger partial charge in [0.1, 0.15) is 11.6 Å². The average Bonchev–Trinajstić information content (AvgIpc) is 3.43. The molecular weight excluding hydrogens is 302 g/mol. The summed E-state index contributed by atoms with van der Waals surface area (Å²) in [6.45, 7) is 1.28. The highest BCUT2D eigenvalue weighted by molar-refractivity contribution is 5.78. The van der Waals surface area contributed by atoms with E-state index in [-0.39, 0.29) is 5.91 Å². The van der Waals surface area contributed by atoms with Crippen LogP contribution in [0.1, 0.15) is 24.8 Å². The highest BCUT2D eigenvalue weighted by atomic mass is 16.5. The highest BCUT2D eigenvalue weighted by Gasteiger charge is 2.33. The number of carbonyl (C=O) groups excluding carboxylic acids is 1. The smallest absolute Gasteiger partial charge is 0.224 e. The molecule has 1 aliphatic heterocycles. The molecule has 5 nitrogen and oxygen atoms in total. The molecule has 0 bridgehead atoms. The van der Waals surface area contributed by atoms with Crippen molar-refractivity contribution in [1.29, 1.82) is 0 Å². The van der Waals surface area contributed by atoms with E-state index >= 15 is 0 Å². The number of hydrogen-bond donors (Lipinski definition) is 1. The molecular formula is C19H21N3O2. The normalized spacial score (nSPS) is 17.5. The van der Waals surface area contributed by atoms with Gasteiger partial charge in [0.2, 0.25) is 5.91 Å². The lowest BCUT2D eigenvalue weighted by molar-refractivity contribution is -0.132. The van der Waals surface area contributed by atoms with Crippen LogP contribution in [0, 0.1) is 0 Å². The van der Waals surface area contributed by atoms with Gasteiger partial charge in [0.25, 0.3) is 0 Å². The van der Waals surface area contributed by atoms with E-state index in [0.717, 1.165) is 41.1 Å². The Balaban J connectivity index is 1.67. The van der Waals surface area contributed by atoms with Crippen LogP contribution < -0.4 is 10.1 Å². The third-order valence-electron chi connectivity index (χ3n) is 4.67. The van der Waals surface area contributed by atoms with Crippen LogP contribution in [0.4, 0.5) is 5.82 Å². The van der Waals surface area contributed by atoms with Crippen LogP contribution in [-0.2, 0) is 11.3 Å². The first-order chi connectivity index (χ1) is 11.7. The molecule has 2 heterocycles. The molecule has 0 radical (unpaired) electrons. The highest BCUT2D eigenvalue weighted by Crippen LogP contribution is 2.32. The number of aromatic nitrogens is 1. The van der Waals surface area contributed by atoms with E-state index in [9.17, 15) is 4.79 Å². The number of ether oxygens (including phenoxy) is 1. The molecule has 0 unspecified atom stereocenters.